The first-order valence-electron chi connectivity index (χ1n) is 5.65. The highest BCUT2D eigenvalue weighted by molar-refractivity contribution is 5.73. The first-order chi connectivity index (χ1) is 7.88. The molecule has 100 valence electrons. The molecule has 0 aliphatic heterocycles. The van der Waals surface area contributed by atoms with Crippen LogP contribution in [0.25, 0.3) is 0 Å². The Morgan fingerprint density at radius 3 is 2.41 bits per heavy atom. The molecule has 1 saturated carbocycles. The minimum absolute atomic E-state index is 0.00560. The Labute approximate surface area is 97.6 Å². The number of carbonyl (C=O) groups is 1. The summed E-state index contributed by atoms with van der Waals surface area (Å²) in [7, 11) is 0. The van der Waals surface area contributed by atoms with Gasteiger partial charge in [0.2, 0.25) is 0 Å². The Kier molecular flexibility index (Phi) is 5.04. The third kappa shape index (κ3) is 5.76. The highest BCUT2D eigenvalue weighted by atomic mass is 19.4. The molecule has 0 aromatic heterocycles. The molecule has 7 heteroatoms. The summed E-state index contributed by atoms with van der Waals surface area (Å²) in [5, 5.41) is 13.6. The average Bonchev–Trinajstić information content (AvgIpc) is 2.75. The second-order valence-electron chi connectivity index (χ2n) is 4.29. The number of hydrogen-bond donors (Lipinski definition) is 3. The zero-order chi connectivity index (χ0) is 12.9. The topological polar surface area (TPSA) is 61.4 Å². The predicted octanol–water partition coefficient (Wildman–Crippen LogP) is 1.40. The lowest BCUT2D eigenvalue weighted by molar-refractivity contribution is -0.122. The minimum Gasteiger partial charge on any atom is -0.391 e. The van der Waals surface area contributed by atoms with Crippen molar-refractivity contribution in [3.05, 3.63) is 0 Å². The van der Waals surface area contributed by atoms with Gasteiger partial charge in [0.1, 0.15) is 6.54 Å². The zero-order valence-electron chi connectivity index (χ0n) is 9.39. The van der Waals surface area contributed by atoms with Crippen molar-refractivity contribution in [3.8, 4) is 0 Å². The van der Waals surface area contributed by atoms with Crippen LogP contribution in [-0.2, 0) is 0 Å². The Balaban J connectivity index is 2.14. The van der Waals surface area contributed by atoms with E-state index in [9.17, 15) is 23.1 Å². The van der Waals surface area contributed by atoms with Gasteiger partial charge in [-0.3, -0.25) is 0 Å². The molecule has 1 aliphatic carbocycles. The standard InChI is InChI=1S/C10H17F3N2O2/c11-10(12,13)6-15-9(17)14-5-8(16)7-3-1-2-4-7/h7-8,16H,1-6H2,(H2,14,15,17). The van der Waals surface area contributed by atoms with E-state index < -0.39 is 24.9 Å². The van der Waals surface area contributed by atoms with E-state index in [0.29, 0.717) is 0 Å². The van der Waals surface area contributed by atoms with Gasteiger partial charge < -0.3 is 15.7 Å². The van der Waals surface area contributed by atoms with Crippen molar-refractivity contribution in [1.82, 2.24) is 10.6 Å². The van der Waals surface area contributed by atoms with Crippen molar-refractivity contribution in [1.29, 1.82) is 0 Å². The van der Waals surface area contributed by atoms with Gasteiger partial charge in [0.15, 0.2) is 0 Å². The zero-order valence-corrected chi connectivity index (χ0v) is 9.39. The van der Waals surface area contributed by atoms with E-state index in [1.165, 1.54) is 0 Å². The summed E-state index contributed by atoms with van der Waals surface area (Å²) in [5.41, 5.74) is 0. The van der Waals surface area contributed by atoms with Gasteiger partial charge in [-0.1, -0.05) is 12.8 Å². The lowest BCUT2D eigenvalue weighted by Gasteiger charge is -2.18. The van der Waals surface area contributed by atoms with E-state index >= 15 is 0 Å². The van der Waals surface area contributed by atoms with E-state index in [2.05, 4.69) is 5.32 Å². The number of rotatable bonds is 4. The maximum Gasteiger partial charge on any atom is 0.405 e. The molecular weight excluding hydrogens is 237 g/mol. The number of urea groups is 1. The molecule has 0 radical (unpaired) electrons. The average molecular weight is 254 g/mol. The van der Waals surface area contributed by atoms with Crippen LogP contribution in [0.2, 0.25) is 0 Å². The summed E-state index contributed by atoms with van der Waals surface area (Å²) in [5.74, 6) is 0.151. The van der Waals surface area contributed by atoms with Gasteiger partial charge in [-0.15, -0.1) is 0 Å². The third-order valence-electron chi connectivity index (χ3n) is 2.87. The summed E-state index contributed by atoms with van der Waals surface area (Å²) >= 11 is 0. The second-order valence-corrected chi connectivity index (χ2v) is 4.29. The van der Waals surface area contributed by atoms with Crippen molar-refractivity contribution in [2.45, 2.75) is 38.0 Å². The fraction of sp³-hybridized carbons (Fsp3) is 0.900. The molecule has 2 amide bonds. The van der Waals surface area contributed by atoms with Crippen molar-refractivity contribution >= 4 is 6.03 Å². The second kappa shape index (κ2) is 6.09. The van der Waals surface area contributed by atoms with Crippen LogP contribution in [0, 0.1) is 5.92 Å². The summed E-state index contributed by atoms with van der Waals surface area (Å²) in [6, 6.07) is -0.903. The molecule has 3 N–H and O–H groups in total. The van der Waals surface area contributed by atoms with Crippen LogP contribution in [0.15, 0.2) is 0 Å². The molecule has 0 saturated heterocycles. The fourth-order valence-electron chi connectivity index (χ4n) is 1.95. The maximum absolute atomic E-state index is 11.8. The molecule has 0 aromatic carbocycles. The molecular formula is C10H17F3N2O2. The van der Waals surface area contributed by atoms with Gasteiger partial charge in [-0.25, -0.2) is 4.79 Å². The van der Waals surface area contributed by atoms with Gasteiger partial charge in [0.05, 0.1) is 6.10 Å². The number of hydrogen-bond acceptors (Lipinski definition) is 2. The van der Waals surface area contributed by atoms with Crippen LogP contribution >= 0.6 is 0 Å². The van der Waals surface area contributed by atoms with E-state index in [-0.39, 0.29) is 12.5 Å². The quantitative estimate of drug-likeness (QED) is 0.710. The van der Waals surface area contributed by atoms with Gasteiger partial charge in [-0.2, -0.15) is 13.2 Å². The van der Waals surface area contributed by atoms with Crippen LogP contribution < -0.4 is 10.6 Å². The molecule has 17 heavy (non-hydrogen) atoms. The molecule has 1 fully saturated rings. The van der Waals surface area contributed by atoms with Crippen molar-refractivity contribution in [3.63, 3.8) is 0 Å². The molecule has 1 atom stereocenters. The SMILES string of the molecule is O=C(NCC(O)C1CCCC1)NCC(F)(F)F. The van der Waals surface area contributed by atoms with Gasteiger partial charge in [-0.05, 0) is 18.8 Å². The van der Waals surface area contributed by atoms with E-state index in [1.807, 2.05) is 0 Å². The monoisotopic (exact) mass is 254 g/mol. The van der Waals surface area contributed by atoms with Gasteiger partial charge >= 0.3 is 12.2 Å². The molecule has 0 bridgehead atoms. The number of carbonyl (C=O) groups excluding carboxylic acids is 1. The first kappa shape index (κ1) is 14.1. The van der Waals surface area contributed by atoms with Crippen LogP contribution in [0.1, 0.15) is 25.7 Å². The van der Waals surface area contributed by atoms with Crippen molar-refractivity contribution in [2.24, 2.45) is 5.92 Å². The lowest BCUT2D eigenvalue weighted by atomic mass is 10.0. The number of amides is 2. The summed E-state index contributed by atoms with van der Waals surface area (Å²) in [6.07, 6.45) is -1.15. The van der Waals surface area contributed by atoms with Crippen molar-refractivity contribution < 1.29 is 23.1 Å². The first-order valence-corrected chi connectivity index (χ1v) is 5.65. The van der Waals surface area contributed by atoms with E-state index in [4.69, 9.17) is 0 Å². The number of halogens is 3. The third-order valence-corrected chi connectivity index (χ3v) is 2.87. The molecule has 4 nitrogen and oxygen atoms in total. The molecule has 0 aromatic rings. The predicted molar refractivity (Wildman–Crippen MR) is 55.4 cm³/mol. The number of nitrogens with one attached hydrogen (secondary N) is 2. The molecule has 1 aliphatic rings. The highest BCUT2D eigenvalue weighted by Gasteiger charge is 2.28. The maximum atomic E-state index is 11.8. The lowest BCUT2D eigenvalue weighted by Crippen LogP contribution is -2.44. The summed E-state index contributed by atoms with van der Waals surface area (Å²) in [6.45, 7) is -1.37. The largest absolute Gasteiger partial charge is 0.405 e. The number of aliphatic hydroxyl groups excluding tert-OH is 1. The summed E-state index contributed by atoms with van der Waals surface area (Å²) < 4.78 is 35.3. The van der Waals surface area contributed by atoms with Crippen LogP contribution in [-0.4, -0.2) is 36.5 Å². The van der Waals surface area contributed by atoms with Gasteiger partial charge in [0, 0.05) is 6.54 Å². The number of alkyl halides is 3. The normalized spacial score (nSPS) is 19.1. The summed E-state index contributed by atoms with van der Waals surface area (Å²) in [4.78, 5) is 11.0. The molecule has 0 heterocycles. The molecule has 1 unspecified atom stereocenters. The van der Waals surface area contributed by atoms with E-state index in [1.54, 1.807) is 5.32 Å². The molecule has 0 spiro atoms. The Hall–Kier alpha value is -0.980. The van der Waals surface area contributed by atoms with Crippen molar-refractivity contribution in [2.75, 3.05) is 13.1 Å². The van der Waals surface area contributed by atoms with Gasteiger partial charge in [0.25, 0.3) is 0 Å². The van der Waals surface area contributed by atoms with Crippen LogP contribution in [0.3, 0.4) is 0 Å². The van der Waals surface area contributed by atoms with Crippen LogP contribution in [0.5, 0.6) is 0 Å². The smallest absolute Gasteiger partial charge is 0.391 e. The van der Waals surface area contributed by atoms with Crippen LogP contribution in [0.4, 0.5) is 18.0 Å². The fourth-order valence-corrected chi connectivity index (χ4v) is 1.95. The molecule has 1 rings (SSSR count). The number of aliphatic hydroxyl groups is 1. The Bertz CT molecular complexity index is 252. The van der Waals surface area contributed by atoms with E-state index in [0.717, 1.165) is 25.7 Å². The Morgan fingerprint density at radius 2 is 1.88 bits per heavy atom. The minimum atomic E-state index is -4.42. The Morgan fingerprint density at radius 1 is 1.29 bits per heavy atom. The highest BCUT2D eigenvalue weighted by Crippen LogP contribution is 2.27.